The average molecular weight is 379 g/mol. The van der Waals surface area contributed by atoms with Crippen molar-refractivity contribution in [2.75, 3.05) is 38.0 Å². The Kier molecular flexibility index (Phi) is 5.03. The highest BCUT2D eigenvalue weighted by Crippen LogP contribution is 2.18. The molecule has 1 fully saturated rings. The fraction of sp³-hybridized carbons (Fsp3) is 0.300. The van der Waals surface area contributed by atoms with Crippen LogP contribution in [-0.2, 0) is 4.79 Å². The maximum absolute atomic E-state index is 13.0. The van der Waals surface area contributed by atoms with Crippen LogP contribution >= 0.6 is 0 Å². The Morgan fingerprint density at radius 1 is 1.14 bits per heavy atom. The topological polar surface area (TPSA) is 91.6 Å². The first-order valence-corrected chi connectivity index (χ1v) is 9.19. The lowest BCUT2D eigenvalue weighted by Gasteiger charge is -2.34. The number of hydrogen-bond acceptors (Lipinski definition) is 6. The van der Waals surface area contributed by atoms with Gasteiger partial charge in [0.15, 0.2) is 5.82 Å². The summed E-state index contributed by atoms with van der Waals surface area (Å²) in [4.78, 5) is 33.3. The number of amides is 2. The van der Waals surface area contributed by atoms with Crippen molar-refractivity contribution in [1.82, 2.24) is 19.9 Å². The number of piperazine rings is 1. The van der Waals surface area contributed by atoms with Crippen molar-refractivity contribution < 1.29 is 14.1 Å². The number of pyridine rings is 1. The third-order valence-electron chi connectivity index (χ3n) is 4.79. The number of carbonyl (C=O) groups excluding carboxylic acids is 2. The van der Waals surface area contributed by atoms with E-state index in [2.05, 4.69) is 15.5 Å². The highest BCUT2D eigenvalue weighted by Gasteiger charge is 2.24. The quantitative estimate of drug-likeness (QED) is 0.745. The van der Waals surface area contributed by atoms with Crippen LogP contribution in [-0.4, -0.2) is 64.5 Å². The first kappa shape index (κ1) is 18.1. The predicted molar refractivity (Wildman–Crippen MR) is 104 cm³/mol. The number of aromatic nitrogens is 2. The van der Waals surface area contributed by atoms with Crippen molar-refractivity contribution in [3.05, 3.63) is 53.9 Å². The lowest BCUT2D eigenvalue weighted by atomic mass is 10.1. The summed E-state index contributed by atoms with van der Waals surface area (Å²) in [6.45, 7) is 4.43. The Labute approximate surface area is 162 Å². The van der Waals surface area contributed by atoms with Crippen molar-refractivity contribution in [1.29, 1.82) is 0 Å². The molecular formula is C20H21N5O3. The largest absolute Gasteiger partial charge is 0.360 e. The summed E-state index contributed by atoms with van der Waals surface area (Å²) in [6.07, 6.45) is 1.70. The van der Waals surface area contributed by atoms with Crippen LogP contribution < -0.4 is 5.32 Å². The Bertz CT molecular complexity index is 1000. The summed E-state index contributed by atoms with van der Waals surface area (Å²) in [5, 5.41) is 7.42. The molecule has 0 aliphatic carbocycles. The van der Waals surface area contributed by atoms with Gasteiger partial charge in [-0.1, -0.05) is 23.4 Å². The molecule has 8 nitrogen and oxygen atoms in total. The second-order valence-electron chi connectivity index (χ2n) is 6.82. The predicted octanol–water partition coefficient (Wildman–Crippen LogP) is 1.93. The lowest BCUT2D eigenvalue weighted by molar-refractivity contribution is -0.117. The molecule has 1 saturated heterocycles. The van der Waals surface area contributed by atoms with Crippen LogP contribution in [0.3, 0.4) is 0 Å². The van der Waals surface area contributed by atoms with Gasteiger partial charge in [-0.15, -0.1) is 0 Å². The fourth-order valence-corrected chi connectivity index (χ4v) is 3.37. The van der Waals surface area contributed by atoms with Gasteiger partial charge in [-0.3, -0.25) is 19.5 Å². The smallest absolute Gasteiger partial charge is 0.256 e. The number of para-hydroxylation sites is 1. The van der Waals surface area contributed by atoms with E-state index in [4.69, 9.17) is 4.52 Å². The first-order valence-electron chi connectivity index (χ1n) is 9.19. The van der Waals surface area contributed by atoms with Gasteiger partial charge >= 0.3 is 0 Å². The van der Waals surface area contributed by atoms with Gasteiger partial charge in [0.2, 0.25) is 5.91 Å². The molecule has 0 radical (unpaired) electrons. The van der Waals surface area contributed by atoms with Gasteiger partial charge in [-0.2, -0.15) is 0 Å². The van der Waals surface area contributed by atoms with E-state index in [0.29, 0.717) is 43.3 Å². The summed E-state index contributed by atoms with van der Waals surface area (Å²) in [7, 11) is 0. The SMILES string of the molecule is Cc1cc(NC(=O)CN2CCN(C(=O)c3cccc4cccnc34)CC2)no1. The molecule has 3 heterocycles. The van der Waals surface area contributed by atoms with Crippen LogP contribution in [0.25, 0.3) is 10.9 Å². The van der Waals surface area contributed by atoms with E-state index in [1.165, 1.54) is 0 Å². The van der Waals surface area contributed by atoms with Crippen molar-refractivity contribution in [2.24, 2.45) is 0 Å². The number of fused-ring (bicyclic) bond motifs is 1. The maximum Gasteiger partial charge on any atom is 0.256 e. The van der Waals surface area contributed by atoms with Crippen LogP contribution in [0.2, 0.25) is 0 Å². The second-order valence-corrected chi connectivity index (χ2v) is 6.82. The molecule has 2 amide bonds. The van der Waals surface area contributed by atoms with Crippen LogP contribution in [0.4, 0.5) is 5.82 Å². The molecule has 8 heteroatoms. The minimum atomic E-state index is -0.147. The van der Waals surface area contributed by atoms with Crippen molar-refractivity contribution >= 4 is 28.5 Å². The molecule has 4 rings (SSSR count). The zero-order valence-electron chi connectivity index (χ0n) is 15.6. The molecule has 144 valence electrons. The maximum atomic E-state index is 13.0. The highest BCUT2D eigenvalue weighted by atomic mass is 16.5. The molecule has 0 unspecified atom stereocenters. The van der Waals surface area contributed by atoms with E-state index in [1.54, 1.807) is 19.2 Å². The third-order valence-corrected chi connectivity index (χ3v) is 4.79. The van der Waals surface area contributed by atoms with Crippen molar-refractivity contribution in [2.45, 2.75) is 6.92 Å². The van der Waals surface area contributed by atoms with E-state index in [9.17, 15) is 9.59 Å². The monoisotopic (exact) mass is 379 g/mol. The van der Waals surface area contributed by atoms with E-state index in [-0.39, 0.29) is 18.4 Å². The summed E-state index contributed by atoms with van der Waals surface area (Å²) >= 11 is 0. The molecule has 0 spiro atoms. The van der Waals surface area contributed by atoms with Crippen LogP contribution in [0.5, 0.6) is 0 Å². The molecule has 0 saturated carbocycles. The normalized spacial score (nSPS) is 15.0. The van der Waals surface area contributed by atoms with Crippen LogP contribution in [0.15, 0.2) is 47.1 Å². The van der Waals surface area contributed by atoms with E-state index in [1.807, 2.05) is 40.1 Å². The lowest BCUT2D eigenvalue weighted by Crippen LogP contribution is -2.50. The van der Waals surface area contributed by atoms with E-state index in [0.717, 1.165) is 10.9 Å². The van der Waals surface area contributed by atoms with Gasteiger partial charge < -0.3 is 14.7 Å². The van der Waals surface area contributed by atoms with E-state index < -0.39 is 0 Å². The summed E-state index contributed by atoms with van der Waals surface area (Å²) < 4.78 is 4.94. The number of nitrogens with one attached hydrogen (secondary N) is 1. The molecule has 0 atom stereocenters. The third kappa shape index (κ3) is 3.86. The minimum Gasteiger partial charge on any atom is -0.360 e. The zero-order valence-corrected chi connectivity index (χ0v) is 15.6. The minimum absolute atomic E-state index is 0.0218. The summed E-state index contributed by atoms with van der Waals surface area (Å²) in [5.41, 5.74) is 1.34. The number of rotatable bonds is 4. The van der Waals surface area contributed by atoms with Crippen LogP contribution in [0.1, 0.15) is 16.1 Å². The van der Waals surface area contributed by atoms with Gasteiger partial charge in [0.1, 0.15) is 5.76 Å². The number of anilines is 1. The molecular weight excluding hydrogens is 358 g/mol. The van der Waals surface area contributed by atoms with E-state index >= 15 is 0 Å². The standard InChI is InChI=1S/C20H21N5O3/c1-14-12-17(23-28-14)22-18(26)13-24-8-10-25(11-9-24)20(27)16-6-2-4-15-5-3-7-21-19(15)16/h2-7,12H,8-11,13H2,1H3,(H,22,23,26). The van der Waals surface area contributed by atoms with Gasteiger partial charge in [-0.05, 0) is 19.1 Å². The second kappa shape index (κ2) is 7.77. The molecule has 1 aliphatic rings. The molecule has 28 heavy (non-hydrogen) atoms. The number of aryl methyl sites for hydroxylation is 1. The first-order chi connectivity index (χ1) is 13.6. The summed E-state index contributed by atoms with van der Waals surface area (Å²) in [6, 6.07) is 11.1. The fourth-order valence-electron chi connectivity index (χ4n) is 3.37. The molecule has 1 N–H and O–H groups in total. The molecule has 2 aromatic heterocycles. The number of carbonyl (C=O) groups is 2. The molecule has 1 aromatic carbocycles. The van der Waals surface area contributed by atoms with Gasteiger partial charge in [0, 0.05) is 43.8 Å². The number of hydrogen-bond donors (Lipinski definition) is 1. The zero-order chi connectivity index (χ0) is 19.5. The van der Waals surface area contributed by atoms with Gasteiger partial charge in [0.25, 0.3) is 5.91 Å². The number of benzene rings is 1. The Morgan fingerprint density at radius 3 is 2.68 bits per heavy atom. The number of nitrogens with zero attached hydrogens (tertiary/aromatic N) is 4. The highest BCUT2D eigenvalue weighted by molar-refractivity contribution is 6.05. The Hall–Kier alpha value is -3.26. The molecule has 1 aliphatic heterocycles. The van der Waals surface area contributed by atoms with Gasteiger partial charge in [0.05, 0.1) is 17.6 Å². The molecule has 3 aromatic rings. The van der Waals surface area contributed by atoms with Crippen molar-refractivity contribution in [3.8, 4) is 0 Å². The molecule has 0 bridgehead atoms. The van der Waals surface area contributed by atoms with Gasteiger partial charge in [-0.25, -0.2) is 0 Å². The Morgan fingerprint density at radius 2 is 1.93 bits per heavy atom. The Balaban J connectivity index is 1.34. The van der Waals surface area contributed by atoms with Crippen molar-refractivity contribution in [3.63, 3.8) is 0 Å². The summed E-state index contributed by atoms with van der Waals surface area (Å²) in [5.74, 6) is 0.892. The average Bonchev–Trinajstić information content (AvgIpc) is 3.12. The van der Waals surface area contributed by atoms with Crippen LogP contribution in [0, 0.1) is 6.92 Å².